The van der Waals surface area contributed by atoms with Crippen molar-refractivity contribution in [2.75, 3.05) is 6.61 Å². The monoisotopic (exact) mass is 469 g/mol. The van der Waals surface area contributed by atoms with E-state index in [1.165, 1.54) is 13.8 Å². The third-order valence-corrected chi connectivity index (χ3v) is 4.44. The van der Waals surface area contributed by atoms with Gasteiger partial charge in [-0.25, -0.2) is 4.98 Å². The van der Waals surface area contributed by atoms with Crippen LogP contribution >= 0.6 is 15.9 Å². The molecule has 0 atom stereocenters. The summed E-state index contributed by atoms with van der Waals surface area (Å²) in [7, 11) is 0. The number of fused-ring (bicyclic) bond motifs is 1. The van der Waals surface area contributed by atoms with E-state index in [9.17, 15) is 9.59 Å². The van der Waals surface area contributed by atoms with Crippen molar-refractivity contribution in [2.45, 2.75) is 20.8 Å². The van der Waals surface area contributed by atoms with Crippen molar-refractivity contribution in [1.82, 2.24) is 4.98 Å². The molecule has 7 heteroatoms. The van der Waals surface area contributed by atoms with Gasteiger partial charge in [-0.2, -0.15) is 0 Å². The smallest absolute Gasteiger partial charge is 0.308 e. The number of ether oxygens (including phenoxy) is 3. The molecule has 0 aliphatic carbocycles. The lowest BCUT2D eigenvalue weighted by Gasteiger charge is -2.13. The topological polar surface area (TPSA) is 74.7 Å². The molecule has 6 nitrogen and oxygen atoms in total. The molecular formula is C23H20BrNO5. The van der Waals surface area contributed by atoms with E-state index in [-0.39, 0.29) is 0 Å². The van der Waals surface area contributed by atoms with Crippen LogP contribution in [0.3, 0.4) is 0 Å². The van der Waals surface area contributed by atoms with Crippen LogP contribution in [0.25, 0.3) is 23.1 Å². The van der Waals surface area contributed by atoms with E-state index in [1.807, 2.05) is 37.3 Å². The maximum atomic E-state index is 11.6. The molecule has 0 unspecified atom stereocenters. The van der Waals surface area contributed by atoms with Crippen molar-refractivity contribution in [3.05, 3.63) is 58.2 Å². The number of carbonyl (C=O) groups excluding carboxylic acids is 2. The van der Waals surface area contributed by atoms with Gasteiger partial charge in [-0.3, -0.25) is 9.59 Å². The van der Waals surface area contributed by atoms with Gasteiger partial charge in [-0.1, -0.05) is 28.1 Å². The fraction of sp³-hybridized carbons (Fsp3) is 0.174. The predicted molar refractivity (Wildman–Crippen MR) is 119 cm³/mol. The van der Waals surface area contributed by atoms with E-state index in [0.29, 0.717) is 40.6 Å². The zero-order valence-electron chi connectivity index (χ0n) is 16.8. The Bertz CT molecular complexity index is 1140. The van der Waals surface area contributed by atoms with E-state index in [1.54, 1.807) is 24.3 Å². The van der Waals surface area contributed by atoms with E-state index in [2.05, 4.69) is 20.9 Å². The molecule has 0 amide bonds. The first kappa shape index (κ1) is 21.5. The SMILES string of the molecule is CCOc1cc(Br)cc(C=Cc2cc(OC(C)=O)c3ccccc3n2)c1OC(C)=O. The molecule has 3 aromatic rings. The Morgan fingerprint density at radius 2 is 1.73 bits per heavy atom. The van der Waals surface area contributed by atoms with Gasteiger partial charge in [0, 0.05) is 35.3 Å². The highest BCUT2D eigenvalue weighted by Gasteiger charge is 2.14. The summed E-state index contributed by atoms with van der Waals surface area (Å²) in [5.41, 5.74) is 1.91. The van der Waals surface area contributed by atoms with Crippen molar-refractivity contribution in [1.29, 1.82) is 0 Å². The molecule has 2 aromatic carbocycles. The third kappa shape index (κ3) is 5.24. The van der Waals surface area contributed by atoms with Gasteiger partial charge in [0.1, 0.15) is 5.75 Å². The van der Waals surface area contributed by atoms with Gasteiger partial charge in [0.15, 0.2) is 11.5 Å². The summed E-state index contributed by atoms with van der Waals surface area (Å²) >= 11 is 3.45. The lowest BCUT2D eigenvalue weighted by Crippen LogP contribution is -2.05. The average Bonchev–Trinajstić information content (AvgIpc) is 2.68. The molecule has 1 heterocycles. The highest BCUT2D eigenvalue weighted by Crippen LogP contribution is 2.36. The minimum atomic E-state index is -0.450. The molecule has 30 heavy (non-hydrogen) atoms. The third-order valence-electron chi connectivity index (χ3n) is 3.98. The van der Waals surface area contributed by atoms with Crippen LogP contribution in [0.15, 0.2) is 46.9 Å². The zero-order valence-corrected chi connectivity index (χ0v) is 18.4. The molecule has 0 aliphatic heterocycles. The molecule has 154 valence electrons. The molecular weight excluding hydrogens is 450 g/mol. The van der Waals surface area contributed by atoms with Crippen molar-refractivity contribution in [3.63, 3.8) is 0 Å². The Kier molecular flexibility index (Phi) is 6.84. The van der Waals surface area contributed by atoms with E-state index >= 15 is 0 Å². The Morgan fingerprint density at radius 3 is 2.43 bits per heavy atom. The number of carbonyl (C=O) groups is 2. The lowest BCUT2D eigenvalue weighted by molar-refractivity contribution is -0.132. The summed E-state index contributed by atoms with van der Waals surface area (Å²) in [6.07, 6.45) is 3.52. The highest BCUT2D eigenvalue weighted by molar-refractivity contribution is 9.10. The Hall–Kier alpha value is -3.19. The van der Waals surface area contributed by atoms with E-state index in [4.69, 9.17) is 14.2 Å². The number of hydrogen-bond acceptors (Lipinski definition) is 6. The van der Waals surface area contributed by atoms with Gasteiger partial charge in [-0.15, -0.1) is 0 Å². The second kappa shape index (κ2) is 9.54. The number of esters is 2. The standard InChI is InChI=1S/C23H20BrNO5/c1-4-28-22-12-17(24)11-16(23(22)30-15(3)27)9-10-18-13-21(29-14(2)26)19-7-5-6-8-20(19)25-18/h5-13H,4H2,1-3H3. The fourth-order valence-corrected chi connectivity index (χ4v) is 3.35. The van der Waals surface area contributed by atoms with Crippen LogP contribution in [0.4, 0.5) is 0 Å². The molecule has 0 radical (unpaired) electrons. The number of pyridine rings is 1. The number of rotatable bonds is 6. The number of para-hydroxylation sites is 1. The van der Waals surface area contributed by atoms with Crippen LogP contribution < -0.4 is 14.2 Å². The van der Waals surface area contributed by atoms with E-state index in [0.717, 1.165) is 9.86 Å². The molecule has 3 rings (SSSR count). The van der Waals surface area contributed by atoms with Crippen LogP contribution in [-0.4, -0.2) is 23.5 Å². The molecule has 0 saturated carbocycles. The predicted octanol–water partition coefficient (Wildman–Crippen LogP) is 5.42. The van der Waals surface area contributed by atoms with Crippen molar-refractivity contribution in [2.24, 2.45) is 0 Å². The quantitative estimate of drug-likeness (QED) is 0.354. The molecule has 0 fully saturated rings. The van der Waals surface area contributed by atoms with Gasteiger partial charge in [0.25, 0.3) is 0 Å². The minimum absolute atomic E-state index is 0.324. The van der Waals surface area contributed by atoms with Crippen LogP contribution in [0.2, 0.25) is 0 Å². The number of halogens is 1. The van der Waals surface area contributed by atoms with Crippen molar-refractivity contribution < 1.29 is 23.8 Å². The second-order valence-corrected chi connectivity index (χ2v) is 7.25. The van der Waals surface area contributed by atoms with E-state index < -0.39 is 11.9 Å². The Labute approximate surface area is 182 Å². The molecule has 0 aliphatic rings. The van der Waals surface area contributed by atoms with Gasteiger partial charge in [0.05, 0.1) is 17.8 Å². The van der Waals surface area contributed by atoms with Crippen LogP contribution in [0, 0.1) is 0 Å². The Balaban J connectivity index is 2.08. The zero-order chi connectivity index (χ0) is 21.7. The largest absolute Gasteiger partial charge is 0.490 e. The Morgan fingerprint density at radius 1 is 1.00 bits per heavy atom. The summed E-state index contributed by atoms with van der Waals surface area (Å²) < 4.78 is 17.1. The highest BCUT2D eigenvalue weighted by atomic mass is 79.9. The summed E-state index contributed by atoms with van der Waals surface area (Å²) in [6, 6.07) is 12.6. The van der Waals surface area contributed by atoms with Crippen LogP contribution in [0.5, 0.6) is 17.2 Å². The summed E-state index contributed by atoms with van der Waals surface area (Å²) in [4.78, 5) is 27.7. The summed E-state index contributed by atoms with van der Waals surface area (Å²) in [5, 5.41) is 0.742. The van der Waals surface area contributed by atoms with Crippen molar-refractivity contribution >= 4 is 50.9 Å². The molecule has 1 aromatic heterocycles. The van der Waals surface area contributed by atoms with Crippen molar-refractivity contribution in [3.8, 4) is 17.2 Å². The molecule has 0 spiro atoms. The number of aromatic nitrogens is 1. The second-order valence-electron chi connectivity index (χ2n) is 6.34. The summed E-state index contributed by atoms with van der Waals surface area (Å²) in [5.74, 6) is 0.344. The number of benzene rings is 2. The summed E-state index contributed by atoms with van der Waals surface area (Å²) in [6.45, 7) is 4.96. The van der Waals surface area contributed by atoms with Gasteiger partial charge < -0.3 is 14.2 Å². The fourth-order valence-electron chi connectivity index (χ4n) is 2.89. The first-order valence-corrected chi connectivity index (χ1v) is 10.1. The lowest BCUT2D eigenvalue weighted by atomic mass is 10.1. The van der Waals surface area contributed by atoms with Gasteiger partial charge in [0.2, 0.25) is 0 Å². The first-order valence-electron chi connectivity index (χ1n) is 9.28. The maximum Gasteiger partial charge on any atom is 0.308 e. The normalized spacial score (nSPS) is 10.9. The first-order chi connectivity index (χ1) is 14.4. The minimum Gasteiger partial charge on any atom is -0.490 e. The number of hydrogen-bond donors (Lipinski definition) is 0. The van der Waals surface area contributed by atoms with Crippen LogP contribution in [-0.2, 0) is 9.59 Å². The number of nitrogens with zero attached hydrogens (tertiary/aromatic N) is 1. The molecule has 0 saturated heterocycles. The van der Waals surface area contributed by atoms with Gasteiger partial charge in [-0.05, 0) is 43.3 Å². The van der Waals surface area contributed by atoms with Gasteiger partial charge >= 0.3 is 11.9 Å². The molecule has 0 N–H and O–H groups in total. The van der Waals surface area contributed by atoms with Crippen LogP contribution in [0.1, 0.15) is 32.0 Å². The average molecular weight is 470 g/mol. The molecule has 0 bridgehead atoms. The maximum absolute atomic E-state index is 11.6.